The van der Waals surface area contributed by atoms with Gasteiger partial charge in [0, 0.05) is 17.6 Å². The van der Waals surface area contributed by atoms with Crippen LogP contribution in [-0.4, -0.2) is 48.4 Å². The maximum absolute atomic E-state index is 12.7. The SMILES string of the molecule is CCN(CC)CC(=O)N[C@@H]1CC[C@H](NC(=O)c2cccc3c2CCC3)C1. The van der Waals surface area contributed by atoms with Crippen LogP contribution >= 0.6 is 0 Å². The first-order chi connectivity index (χ1) is 12.6. The first-order valence-corrected chi connectivity index (χ1v) is 10.0. The summed E-state index contributed by atoms with van der Waals surface area (Å²) in [5.74, 6) is 0.135. The number of likely N-dealkylation sites (N-methyl/N-ethyl adjacent to an activating group) is 1. The Labute approximate surface area is 156 Å². The van der Waals surface area contributed by atoms with Crippen LogP contribution in [0.25, 0.3) is 0 Å². The zero-order valence-electron chi connectivity index (χ0n) is 16.0. The number of aryl methyl sites for hydroxylation is 1. The molecule has 26 heavy (non-hydrogen) atoms. The van der Waals surface area contributed by atoms with E-state index in [-0.39, 0.29) is 23.9 Å². The van der Waals surface area contributed by atoms with Crippen molar-refractivity contribution in [3.05, 3.63) is 34.9 Å². The normalized spacial score (nSPS) is 21.7. The molecule has 0 saturated heterocycles. The second-order valence-corrected chi connectivity index (χ2v) is 7.51. The van der Waals surface area contributed by atoms with Gasteiger partial charge in [-0.05, 0) is 68.8 Å². The Hall–Kier alpha value is -1.88. The molecule has 1 aromatic carbocycles. The first-order valence-electron chi connectivity index (χ1n) is 10.0. The van der Waals surface area contributed by atoms with Crippen molar-refractivity contribution in [3.8, 4) is 0 Å². The summed E-state index contributed by atoms with van der Waals surface area (Å²) in [5.41, 5.74) is 3.40. The van der Waals surface area contributed by atoms with Gasteiger partial charge in [-0.1, -0.05) is 26.0 Å². The second kappa shape index (κ2) is 8.67. The Bertz CT molecular complexity index is 655. The van der Waals surface area contributed by atoms with E-state index < -0.39 is 0 Å². The van der Waals surface area contributed by atoms with E-state index >= 15 is 0 Å². The van der Waals surface area contributed by atoms with Gasteiger partial charge in [0.1, 0.15) is 0 Å². The molecule has 2 aliphatic carbocycles. The Morgan fingerprint density at radius 2 is 1.81 bits per heavy atom. The Balaban J connectivity index is 1.50. The molecular weight excluding hydrogens is 326 g/mol. The van der Waals surface area contributed by atoms with Crippen molar-refractivity contribution in [2.75, 3.05) is 19.6 Å². The zero-order chi connectivity index (χ0) is 18.5. The fraction of sp³-hybridized carbons (Fsp3) is 0.619. The average molecular weight is 357 g/mol. The molecule has 0 unspecified atom stereocenters. The lowest BCUT2D eigenvalue weighted by molar-refractivity contribution is -0.122. The van der Waals surface area contributed by atoms with Gasteiger partial charge in [0.25, 0.3) is 5.91 Å². The monoisotopic (exact) mass is 357 g/mol. The summed E-state index contributed by atoms with van der Waals surface area (Å²) in [5, 5.41) is 6.32. The van der Waals surface area contributed by atoms with Crippen molar-refractivity contribution in [1.29, 1.82) is 0 Å². The Morgan fingerprint density at radius 3 is 2.54 bits per heavy atom. The van der Waals surface area contributed by atoms with E-state index in [9.17, 15) is 9.59 Å². The van der Waals surface area contributed by atoms with E-state index in [0.29, 0.717) is 6.54 Å². The molecule has 0 aromatic heterocycles. The fourth-order valence-electron chi connectivity index (χ4n) is 4.26. The highest BCUT2D eigenvalue weighted by Crippen LogP contribution is 2.26. The third-order valence-corrected chi connectivity index (χ3v) is 5.79. The van der Waals surface area contributed by atoms with Crippen LogP contribution in [0.1, 0.15) is 61.0 Å². The van der Waals surface area contributed by atoms with Gasteiger partial charge in [0.2, 0.25) is 5.91 Å². The number of amides is 2. The lowest BCUT2D eigenvalue weighted by atomic mass is 10.0. The molecular formula is C21H31N3O2. The molecule has 0 aliphatic heterocycles. The maximum atomic E-state index is 12.7. The highest BCUT2D eigenvalue weighted by atomic mass is 16.2. The van der Waals surface area contributed by atoms with Crippen LogP contribution in [0.3, 0.4) is 0 Å². The van der Waals surface area contributed by atoms with Crippen LogP contribution in [0.2, 0.25) is 0 Å². The van der Waals surface area contributed by atoms with E-state index in [1.807, 2.05) is 12.1 Å². The minimum atomic E-state index is 0.0452. The van der Waals surface area contributed by atoms with Crippen molar-refractivity contribution in [2.45, 2.75) is 64.5 Å². The Morgan fingerprint density at radius 1 is 1.08 bits per heavy atom. The third-order valence-electron chi connectivity index (χ3n) is 5.79. The predicted octanol–water partition coefficient (Wildman–Crippen LogP) is 2.28. The first kappa shape index (κ1) is 18.9. The molecule has 1 saturated carbocycles. The molecule has 5 heteroatoms. The van der Waals surface area contributed by atoms with E-state index in [1.165, 1.54) is 11.1 Å². The molecule has 3 rings (SSSR count). The summed E-state index contributed by atoms with van der Waals surface area (Å²) in [7, 11) is 0. The highest BCUT2D eigenvalue weighted by molar-refractivity contribution is 5.96. The van der Waals surface area contributed by atoms with Crippen molar-refractivity contribution >= 4 is 11.8 Å². The number of fused-ring (bicyclic) bond motifs is 1. The molecule has 1 aromatic rings. The number of benzene rings is 1. The molecule has 0 heterocycles. The third kappa shape index (κ3) is 4.44. The fourth-order valence-corrected chi connectivity index (χ4v) is 4.26. The van der Waals surface area contributed by atoms with Gasteiger partial charge in [-0.2, -0.15) is 0 Å². The van der Waals surface area contributed by atoms with Crippen molar-refractivity contribution in [3.63, 3.8) is 0 Å². The molecule has 0 radical (unpaired) electrons. The molecule has 0 spiro atoms. The van der Waals surface area contributed by atoms with E-state index in [2.05, 4.69) is 35.4 Å². The lowest BCUT2D eigenvalue weighted by Crippen LogP contribution is -2.42. The predicted molar refractivity (Wildman–Crippen MR) is 103 cm³/mol. The smallest absolute Gasteiger partial charge is 0.251 e. The van der Waals surface area contributed by atoms with Gasteiger partial charge < -0.3 is 10.6 Å². The van der Waals surface area contributed by atoms with E-state index in [1.54, 1.807) is 0 Å². The van der Waals surface area contributed by atoms with Crippen molar-refractivity contribution in [1.82, 2.24) is 15.5 Å². The Kier molecular flexibility index (Phi) is 6.30. The number of carbonyl (C=O) groups excluding carboxylic acids is 2. The van der Waals surface area contributed by atoms with Crippen molar-refractivity contribution < 1.29 is 9.59 Å². The number of hydrogen-bond donors (Lipinski definition) is 2. The highest BCUT2D eigenvalue weighted by Gasteiger charge is 2.28. The summed E-state index contributed by atoms with van der Waals surface area (Å²) < 4.78 is 0. The molecule has 2 N–H and O–H groups in total. The standard InChI is InChI=1S/C21H31N3O2/c1-3-24(4-2)14-20(25)22-16-11-12-17(13-16)23-21(26)19-10-6-8-15-7-5-9-18(15)19/h6,8,10,16-17H,3-5,7,9,11-14H2,1-2H3,(H,22,25)(H,23,26)/t16-,17+/m1/s1. The van der Waals surface area contributed by atoms with Crippen LogP contribution in [0.15, 0.2) is 18.2 Å². The van der Waals surface area contributed by atoms with Gasteiger partial charge in [-0.3, -0.25) is 14.5 Å². The van der Waals surface area contributed by atoms with Crippen molar-refractivity contribution in [2.24, 2.45) is 0 Å². The lowest BCUT2D eigenvalue weighted by Gasteiger charge is -2.20. The van der Waals surface area contributed by atoms with Gasteiger partial charge >= 0.3 is 0 Å². The van der Waals surface area contributed by atoms with Crippen LogP contribution in [0.5, 0.6) is 0 Å². The van der Waals surface area contributed by atoms with Gasteiger partial charge in [0.15, 0.2) is 0 Å². The number of hydrogen-bond acceptors (Lipinski definition) is 3. The summed E-state index contributed by atoms with van der Waals surface area (Å²) >= 11 is 0. The minimum Gasteiger partial charge on any atom is -0.352 e. The van der Waals surface area contributed by atoms with Gasteiger partial charge in [-0.25, -0.2) is 0 Å². The molecule has 2 atom stereocenters. The summed E-state index contributed by atoms with van der Waals surface area (Å²) in [6.07, 6.45) is 5.92. The number of nitrogens with one attached hydrogen (secondary N) is 2. The van der Waals surface area contributed by atoms with Crippen LogP contribution < -0.4 is 10.6 Å². The summed E-state index contributed by atoms with van der Waals surface area (Å²) in [6, 6.07) is 6.39. The molecule has 2 aliphatic rings. The molecule has 5 nitrogen and oxygen atoms in total. The average Bonchev–Trinajstić information content (AvgIpc) is 3.28. The van der Waals surface area contributed by atoms with Crippen LogP contribution in [0, 0.1) is 0 Å². The largest absolute Gasteiger partial charge is 0.352 e. The van der Waals surface area contributed by atoms with Crippen LogP contribution in [0.4, 0.5) is 0 Å². The molecule has 1 fully saturated rings. The molecule has 142 valence electrons. The maximum Gasteiger partial charge on any atom is 0.251 e. The van der Waals surface area contributed by atoms with E-state index in [0.717, 1.165) is 57.2 Å². The summed E-state index contributed by atoms with van der Waals surface area (Å²) in [4.78, 5) is 27.0. The quantitative estimate of drug-likeness (QED) is 0.787. The number of rotatable bonds is 7. The van der Waals surface area contributed by atoms with E-state index in [4.69, 9.17) is 0 Å². The molecule has 0 bridgehead atoms. The van der Waals surface area contributed by atoms with Gasteiger partial charge in [-0.15, -0.1) is 0 Å². The van der Waals surface area contributed by atoms with Gasteiger partial charge in [0.05, 0.1) is 6.54 Å². The van der Waals surface area contributed by atoms with Crippen LogP contribution in [-0.2, 0) is 17.6 Å². The zero-order valence-corrected chi connectivity index (χ0v) is 16.0. The minimum absolute atomic E-state index is 0.0452. The topological polar surface area (TPSA) is 61.4 Å². The molecule has 2 amide bonds. The summed E-state index contributed by atoms with van der Waals surface area (Å²) in [6.45, 7) is 6.36. The second-order valence-electron chi connectivity index (χ2n) is 7.51. The number of nitrogens with zero attached hydrogens (tertiary/aromatic N) is 1. The number of carbonyl (C=O) groups is 2.